The standard InChI is InChI=1S/C22H27N5O6S/c1-13(19(29)22(2,3)4)34(30,31)26-21-25-24-20(14-9-7-12-17(23-14)33-6)27(21)18-15(28)10-8-11-16(18)32-5/h8,10-13,19,28-29H,1-6H3,(H,25,26)/t13-,19+/m0/s1. The first-order valence-electron chi connectivity index (χ1n) is 10.3. The lowest BCUT2D eigenvalue weighted by Crippen LogP contribution is -2.43. The molecule has 34 heavy (non-hydrogen) atoms. The highest BCUT2D eigenvalue weighted by Gasteiger charge is 2.37. The van der Waals surface area contributed by atoms with Crippen LogP contribution in [0.15, 0.2) is 40.7 Å². The molecule has 3 rings (SSSR count). The molecule has 0 spiro atoms. The highest BCUT2D eigenvalue weighted by atomic mass is 32.2. The lowest BCUT2D eigenvalue weighted by Gasteiger charge is -2.30. The van der Waals surface area contributed by atoms with Crippen LogP contribution < -0.4 is 9.46 Å². The van der Waals surface area contributed by atoms with Crippen LogP contribution in [0.5, 0.6) is 11.5 Å². The summed E-state index contributed by atoms with van der Waals surface area (Å²) in [5, 5.41) is 28.1. The van der Waals surface area contributed by atoms with Gasteiger partial charge in [-0.1, -0.05) is 32.6 Å². The molecule has 1 aromatic heterocycles. The molecule has 0 unspecified atom stereocenters. The number of sulfonamides is 1. The fraction of sp³-hybridized carbons (Fsp3) is 0.409. The van der Waals surface area contributed by atoms with Crippen LogP contribution in [0.1, 0.15) is 33.5 Å². The van der Waals surface area contributed by atoms with Crippen molar-refractivity contribution in [3.63, 3.8) is 0 Å². The molecular formula is C22H27N5O6S. The third-order valence-electron chi connectivity index (χ3n) is 5.17. The van der Waals surface area contributed by atoms with E-state index in [0.29, 0.717) is 0 Å². The molecule has 1 aliphatic rings. The van der Waals surface area contributed by atoms with Gasteiger partial charge in [-0.25, -0.2) is 13.4 Å². The smallest absolute Gasteiger partial charge is 0.243 e. The molecule has 0 saturated carbocycles. The molecule has 2 heterocycles. The van der Waals surface area contributed by atoms with E-state index >= 15 is 0 Å². The number of rotatable bonds is 7. The lowest BCUT2D eigenvalue weighted by molar-refractivity contribution is 0.0627. The molecule has 3 N–H and O–H groups in total. The van der Waals surface area contributed by atoms with Gasteiger partial charge in [-0.15, -0.1) is 10.2 Å². The summed E-state index contributed by atoms with van der Waals surface area (Å²) in [5.74, 6) is 0.000648. The van der Waals surface area contributed by atoms with Crippen LogP contribution in [-0.4, -0.2) is 64.9 Å². The second-order valence-electron chi connectivity index (χ2n) is 8.59. The first-order chi connectivity index (χ1) is 15.9. The van der Waals surface area contributed by atoms with E-state index in [-0.39, 0.29) is 40.6 Å². The number of aromatic nitrogens is 3. The Labute approximate surface area is 197 Å². The molecule has 0 fully saturated rings. The zero-order valence-corrected chi connectivity index (χ0v) is 20.5. The minimum absolute atomic E-state index is 0.0386. The Morgan fingerprint density at radius 3 is 2.50 bits per heavy atom. The van der Waals surface area contributed by atoms with Crippen LogP contribution in [0.25, 0.3) is 11.4 Å². The molecule has 0 aliphatic carbocycles. The molecule has 0 radical (unpaired) electrons. The number of aliphatic hydroxyl groups excluding tert-OH is 1. The van der Waals surface area contributed by atoms with E-state index in [0.717, 1.165) is 0 Å². The Morgan fingerprint density at radius 2 is 1.88 bits per heavy atom. The van der Waals surface area contributed by atoms with Gasteiger partial charge in [0, 0.05) is 0 Å². The number of anilines is 1. The average molecular weight is 490 g/mol. The number of aliphatic imine (C=N–C) groups is 1. The topological polar surface area (TPSA) is 148 Å². The quantitative estimate of drug-likeness (QED) is 0.502. The van der Waals surface area contributed by atoms with Gasteiger partial charge < -0.3 is 19.7 Å². The van der Waals surface area contributed by atoms with Crippen molar-refractivity contribution in [3.05, 3.63) is 41.6 Å². The number of para-hydroxylation sites is 1. The van der Waals surface area contributed by atoms with Crippen LogP contribution in [-0.2, 0) is 14.8 Å². The average Bonchev–Trinajstić information content (AvgIpc) is 3.19. The number of phenols is 1. The van der Waals surface area contributed by atoms with E-state index < -0.39 is 26.8 Å². The zero-order valence-electron chi connectivity index (χ0n) is 19.7. The summed E-state index contributed by atoms with van der Waals surface area (Å²) in [7, 11) is -1.32. The number of ether oxygens (including phenoxy) is 2. The second kappa shape index (κ2) is 9.36. The highest BCUT2D eigenvalue weighted by Crippen LogP contribution is 2.36. The first kappa shape index (κ1) is 25.1. The van der Waals surface area contributed by atoms with E-state index in [1.54, 1.807) is 32.9 Å². The lowest BCUT2D eigenvalue weighted by atomic mass is 9.87. The number of nitrogens with zero attached hydrogens (tertiary/aromatic N) is 4. The highest BCUT2D eigenvalue weighted by molar-refractivity contribution is 7.93. The fourth-order valence-electron chi connectivity index (χ4n) is 3.26. The van der Waals surface area contributed by atoms with Crippen LogP contribution in [0, 0.1) is 5.41 Å². The van der Waals surface area contributed by atoms with Crippen LogP contribution in [0.3, 0.4) is 0 Å². The van der Waals surface area contributed by atoms with E-state index in [4.69, 9.17) is 9.47 Å². The van der Waals surface area contributed by atoms with Crippen molar-refractivity contribution in [3.8, 4) is 17.2 Å². The summed E-state index contributed by atoms with van der Waals surface area (Å²) in [6, 6.07) is 4.55. The number of nitrogens with one attached hydrogen (secondary N) is 1. The Balaban J connectivity index is 2.21. The Hall–Kier alpha value is -3.56. The summed E-state index contributed by atoms with van der Waals surface area (Å²) < 4.78 is 40.5. The summed E-state index contributed by atoms with van der Waals surface area (Å²) in [5.41, 5.74) is 5.05. The van der Waals surface area contributed by atoms with Crippen molar-refractivity contribution in [2.24, 2.45) is 10.4 Å². The normalized spacial score (nSPS) is 15.4. The Kier molecular flexibility index (Phi) is 6.90. The van der Waals surface area contributed by atoms with Gasteiger partial charge in [0.05, 0.1) is 26.4 Å². The van der Waals surface area contributed by atoms with E-state index in [1.807, 2.05) is 0 Å². The van der Waals surface area contributed by atoms with Crippen molar-refractivity contribution in [2.45, 2.75) is 39.0 Å². The number of benzene rings is 1. The van der Waals surface area contributed by atoms with Gasteiger partial charge in [0.15, 0.2) is 11.5 Å². The molecule has 0 bridgehead atoms. The maximum absolute atomic E-state index is 13.2. The zero-order chi connectivity index (χ0) is 25.3. The van der Waals surface area contributed by atoms with Gasteiger partial charge in [-0.05, 0) is 30.2 Å². The molecule has 2 aromatic rings. The van der Waals surface area contributed by atoms with Crippen molar-refractivity contribution < 1.29 is 28.1 Å². The minimum atomic E-state index is -4.15. The number of phenolic OH excluding ortho intramolecular Hbond substituents is 1. The van der Waals surface area contributed by atoms with Gasteiger partial charge in [0.2, 0.25) is 21.9 Å². The summed E-state index contributed by atoms with van der Waals surface area (Å²) in [6.45, 7) is 6.60. The van der Waals surface area contributed by atoms with Crippen LogP contribution >= 0.6 is 0 Å². The summed E-state index contributed by atoms with van der Waals surface area (Å²) in [6.07, 6.45) is 0.285. The molecule has 2 atom stereocenters. The van der Waals surface area contributed by atoms with Crippen molar-refractivity contribution >= 4 is 27.6 Å². The van der Waals surface area contributed by atoms with Crippen molar-refractivity contribution in [2.75, 3.05) is 18.9 Å². The van der Waals surface area contributed by atoms with Gasteiger partial charge in [0.25, 0.3) is 0 Å². The van der Waals surface area contributed by atoms with E-state index in [1.165, 1.54) is 37.9 Å². The molecule has 182 valence electrons. The SMILES string of the molecule is COC1=NC(c2nnc(NS(=O)(=O)[C@@H](C)[C@@H](O)C(C)(C)C)n2-c2c(O)cccc2OC)=C=C=C1. The maximum Gasteiger partial charge on any atom is 0.243 e. The van der Waals surface area contributed by atoms with Gasteiger partial charge in [0.1, 0.15) is 22.4 Å². The number of aromatic hydroxyl groups is 1. The molecule has 0 saturated heterocycles. The number of hydrogen-bond donors (Lipinski definition) is 3. The predicted octanol–water partition coefficient (Wildman–Crippen LogP) is 2.23. The molecule has 11 nitrogen and oxygen atoms in total. The maximum atomic E-state index is 13.2. The van der Waals surface area contributed by atoms with Crippen LogP contribution in [0.4, 0.5) is 5.95 Å². The van der Waals surface area contributed by atoms with Crippen LogP contribution in [0.2, 0.25) is 0 Å². The minimum Gasteiger partial charge on any atom is -0.506 e. The molecular weight excluding hydrogens is 462 g/mol. The van der Waals surface area contributed by atoms with Gasteiger partial charge in [-0.3, -0.25) is 9.29 Å². The monoisotopic (exact) mass is 489 g/mol. The number of hydrogen-bond acceptors (Lipinski definition) is 9. The van der Waals surface area contributed by atoms with Crippen molar-refractivity contribution in [1.82, 2.24) is 14.8 Å². The largest absolute Gasteiger partial charge is 0.506 e. The van der Waals surface area contributed by atoms with E-state index in [9.17, 15) is 18.6 Å². The Bertz CT molecular complexity index is 1330. The molecule has 12 heteroatoms. The van der Waals surface area contributed by atoms with Gasteiger partial charge in [-0.2, -0.15) is 0 Å². The van der Waals surface area contributed by atoms with Crippen molar-refractivity contribution in [1.29, 1.82) is 0 Å². The number of aliphatic hydroxyl groups is 1. The first-order valence-corrected chi connectivity index (χ1v) is 11.8. The fourth-order valence-corrected chi connectivity index (χ4v) is 4.58. The second-order valence-corrected chi connectivity index (χ2v) is 10.6. The third kappa shape index (κ3) is 4.85. The van der Waals surface area contributed by atoms with E-state index in [2.05, 4.69) is 31.4 Å². The number of methoxy groups -OCH3 is 2. The van der Waals surface area contributed by atoms with Gasteiger partial charge >= 0.3 is 0 Å². The molecule has 1 aromatic carbocycles. The molecule has 0 amide bonds. The summed E-state index contributed by atoms with van der Waals surface area (Å²) >= 11 is 0. The third-order valence-corrected chi connectivity index (χ3v) is 6.87. The molecule has 1 aliphatic heterocycles. The Morgan fingerprint density at radius 1 is 1.18 bits per heavy atom. The summed E-state index contributed by atoms with van der Waals surface area (Å²) in [4.78, 5) is 4.27. The predicted molar refractivity (Wildman–Crippen MR) is 126 cm³/mol.